The number of hydrogen-bond donors (Lipinski definition) is 1. The third-order valence-corrected chi connectivity index (χ3v) is 25.7. The number of carbonyl (C=O) groups excluding carboxylic acids is 1. The second-order valence-corrected chi connectivity index (χ2v) is 34.0. The molecule has 0 unspecified atom stereocenters. The standard InChI is InChI=1S/C68H86N6O10Si2/c1-17-28-52-55(38-39-58(75)73(42-47-36-37-51(40-56(47)78-11)83-85(13,14)66(3,4)5)54-41-57(80-45-76-9)61(79-12)53(29-18-2)60(54)81-46-77-10)82-65(62(52)84-86(15,16)67(6,7)8)74-44-71-59-63(69-43-70-64(59)74)72-68(48-30-22-19-23-31-48,49-32-24-20-25-33-49)50-34-26-21-27-35-50/h17-27,30-41,43-44,52,55,62,65H,1-2,28-29,42,45-46H2,3-16H3,(H,69,70,72)/b39-38+/t52-,55-,62-,65-/m1/s1. The second-order valence-electron chi connectivity index (χ2n) is 24.5. The number of rotatable bonds is 27. The van der Waals surface area contributed by atoms with Crippen molar-refractivity contribution in [2.75, 3.05) is 52.2 Å². The van der Waals surface area contributed by atoms with Crippen molar-refractivity contribution in [3.8, 4) is 28.7 Å². The molecule has 0 radical (unpaired) electrons. The zero-order valence-electron chi connectivity index (χ0n) is 52.5. The zero-order chi connectivity index (χ0) is 62.0. The minimum atomic E-state index is -2.56. The van der Waals surface area contributed by atoms with Crippen molar-refractivity contribution in [3.63, 3.8) is 0 Å². The third-order valence-electron chi connectivity index (χ3n) is 16.9. The molecule has 0 saturated carbocycles. The molecule has 1 aliphatic heterocycles. The Kier molecular flexibility index (Phi) is 20.5. The highest BCUT2D eigenvalue weighted by Crippen LogP contribution is 2.49. The molecule has 1 amide bonds. The van der Waals surface area contributed by atoms with Crippen molar-refractivity contribution in [2.45, 2.75) is 121 Å². The SMILES string of the molecule is C=CCc1c(OC)c(OCOC)cc(N(Cc2ccc(O[Si](C)(C)C(C)(C)C)cc2OC)C(=O)/C=C/[C@H]2O[C@@H](n3cnc4c(NC(c5ccccc5)(c5ccccc5)c5ccccc5)ncnc43)[C@H](O[Si](C)(C)C(C)(C)C)[C@@H]2CC=C)c1OCOC. The summed E-state index contributed by atoms with van der Waals surface area (Å²) in [5, 5.41) is 3.69. The molecule has 0 bridgehead atoms. The zero-order valence-corrected chi connectivity index (χ0v) is 54.5. The molecule has 0 spiro atoms. The van der Waals surface area contributed by atoms with Crippen LogP contribution in [-0.4, -0.2) is 96.3 Å². The summed E-state index contributed by atoms with van der Waals surface area (Å²) in [6.45, 7) is 30.1. The maximum atomic E-state index is 15.7. The molecular formula is C68H86N6O10Si2. The van der Waals surface area contributed by atoms with Crippen molar-refractivity contribution >= 4 is 45.2 Å². The van der Waals surface area contributed by atoms with E-state index >= 15 is 4.79 Å². The van der Waals surface area contributed by atoms with Crippen molar-refractivity contribution in [1.82, 2.24) is 19.5 Å². The summed E-state index contributed by atoms with van der Waals surface area (Å²) in [5.74, 6) is 2.01. The van der Waals surface area contributed by atoms with E-state index in [1.165, 1.54) is 14.2 Å². The predicted molar refractivity (Wildman–Crippen MR) is 345 cm³/mol. The highest BCUT2D eigenvalue weighted by atomic mass is 28.4. The summed E-state index contributed by atoms with van der Waals surface area (Å²) in [6.07, 6.45) is 9.06. The third kappa shape index (κ3) is 13.7. The van der Waals surface area contributed by atoms with Crippen LogP contribution >= 0.6 is 0 Å². The van der Waals surface area contributed by atoms with Crippen molar-refractivity contribution in [1.29, 1.82) is 0 Å². The molecular weight excluding hydrogens is 1120 g/mol. The highest BCUT2D eigenvalue weighted by molar-refractivity contribution is 6.75. The van der Waals surface area contributed by atoms with E-state index < -0.39 is 46.5 Å². The molecule has 7 aromatic rings. The number of nitrogens with one attached hydrogen (secondary N) is 1. The lowest BCUT2D eigenvalue weighted by Crippen LogP contribution is -2.47. The summed E-state index contributed by atoms with van der Waals surface area (Å²) in [7, 11) is 1.41. The van der Waals surface area contributed by atoms with Crippen LogP contribution in [0.4, 0.5) is 11.5 Å². The smallest absolute Gasteiger partial charge is 0.251 e. The number of hydrogen-bond acceptors (Lipinski definition) is 14. The molecule has 4 atom stereocenters. The van der Waals surface area contributed by atoms with Crippen LogP contribution in [0, 0.1) is 5.92 Å². The van der Waals surface area contributed by atoms with Gasteiger partial charge in [-0.05, 0) is 84.0 Å². The lowest BCUT2D eigenvalue weighted by molar-refractivity contribution is -0.114. The number of anilines is 2. The lowest BCUT2D eigenvalue weighted by Gasteiger charge is -2.40. The number of benzene rings is 5. The number of aromatic nitrogens is 4. The molecule has 0 aliphatic carbocycles. The Bertz CT molecular complexity index is 3360. The summed E-state index contributed by atoms with van der Waals surface area (Å²) >= 11 is 0. The van der Waals surface area contributed by atoms with Gasteiger partial charge in [0.25, 0.3) is 5.91 Å². The Balaban J connectivity index is 1.26. The first-order chi connectivity index (χ1) is 41.1. The Morgan fingerprint density at radius 2 is 1.33 bits per heavy atom. The molecule has 1 fully saturated rings. The van der Waals surface area contributed by atoms with Gasteiger partial charge in [0.1, 0.15) is 23.4 Å². The summed E-state index contributed by atoms with van der Waals surface area (Å²) in [6, 6.07) is 38.5. The van der Waals surface area contributed by atoms with E-state index in [0.717, 1.165) is 16.7 Å². The molecule has 5 aromatic carbocycles. The van der Waals surface area contributed by atoms with Gasteiger partial charge in [-0.15, -0.1) is 13.2 Å². The largest absolute Gasteiger partial charge is 0.543 e. The number of amides is 1. The van der Waals surface area contributed by atoms with E-state index in [1.54, 1.807) is 50.0 Å². The van der Waals surface area contributed by atoms with Crippen molar-refractivity contribution in [3.05, 3.63) is 193 Å². The average Bonchev–Trinajstić information content (AvgIpc) is 1.37. The monoisotopic (exact) mass is 1200 g/mol. The maximum Gasteiger partial charge on any atom is 0.251 e. The molecule has 1 N–H and O–H groups in total. The first-order valence-corrected chi connectivity index (χ1v) is 34.9. The van der Waals surface area contributed by atoms with Gasteiger partial charge < -0.3 is 52.2 Å². The van der Waals surface area contributed by atoms with Crippen LogP contribution in [0.3, 0.4) is 0 Å². The maximum absolute atomic E-state index is 15.7. The topological polar surface area (TPSA) is 159 Å². The van der Waals surface area contributed by atoms with Crippen molar-refractivity contribution < 1.29 is 46.8 Å². The first-order valence-electron chi connectivity index (χ1n) is 29.1. The Labute approximate surface area is 510 Å². The van der Waals surface area contributed by atoms with Gasteiger partial charge in [0, 0.05) is 49.5 Å². The van der Waals surface area contributed by atoms with Crippen LogP contribution < -0.4 is 33.6 Å². The number of ether oxygens (including phenoxy) is 7. The quantitative estimate of drug-likeness (QED) is 0.0170. The summed E-state index contributed by atoms with van der Waals surface area (Å²) in [5.41, 5.74) is 4.81. The van der Waals surface area contributed by atoms with Gasteiger partial charge in [0.2, 0.25) is 8.32 Å². The average molecular weight is 1200 g/mol. The Morgan fingerprint density at radius 1 is 0.721 bits per heavy atom. The van der Waals surface area contributed by atoms with Crippen molar-refractivity contribution in [2.24, 2.45) is 5.92 Å². The van der Waals surface area contributed by atoms with E-state index in [9.17, 15) is 0 Å². The molecule has 456 valence electrons. The Morgan fingerprint density at radius 3 is 1.87 bits per heavy atom. The number of fused-ring (bicyclic) bond motifs is 1. The number of nitrogens with zero attached hydrogens (tertiary/aromatic N) is 5. The van der Waals surface area contributed by atoms with E-state index in [-0.39, 0.29) is 42.5 Å². The van der Waals surface area contributed by atoms with Crippen LogP contribution in [0.15, 0.2) is 165 Å². The minimum absolute atomic E-state index is 0.0121. The lowest BCUT2D eigenvalue weighted by atomic mass is 9.77. The fourth-order valence-electron chi connectivity index (χ4n) is 10.4. The molecule has 3 heterocycles. The molecule has 18 heteroatoms. The molecule has 86 heavy (non-hydrogen) atoms. The van der Waals surface area contributed by atoms with E-state index in [2.05, 4.69) is 123 Å². The molecule has 1 saturated heterocycles. The fraction of sp³-hybridized carbons (Fsp3) is 0.382. The normalized spacial score (nSPS) is 16.7. The molecule has 1 aliphatic rings. The summed E-state index contributed by atoms with van der Waals surface area (Å²) in [4.78, 5) is 32.3. The number of methoxy groups -OCH3 is 4. The van der Waals surface area contributed by atoms with E-state index in [1.807, 2.05) is 89.5 Å². The van der Waals surface area contributed by atoms with Crippen LogP contribution in [0.2, 0.25) is 36.3 Å². The van der Waals surface area contributed by atoms with Gasteiger partial charge in [0.15, 0.2) is 62.4 Å². The van der Waals surface area contributed by atoms with Gasteiger partial charge in [-0.2, -0.15) is 0 Å². The van der Waals surface area contributed by atoms with E-state index in [0.29, 0.717) is 69.0 Å². The highest BCUT2D eigenvalue weighted by Gasteiger charge is 2.51. The van der Waals surface area contributed by atoms with Crippen LogP contribution in [0.5, 0.6) is 28.7 Å². The van der Waals surface area contributed by atoms with Gasteiger partial charge in [-0.3, -0.25) is 9.36 Å². The number of allylic oxidation sites excluding steroid dienone is 2. The van der Waals surface area contributed by atoms with Gasteiger partial charge in [0.05, 0.1) is 45.0 Å². The van der Waals surface area contributed by atoms with Crippen LogP contribution in [-0.2, 0) is 41.9 Å². The molecule has 16 nitrogen and oxygen atoms in total. The van der Waals surface area contributed by atoms with Gasteiger partial charge in [-0.1, -0.05) is 145 Å². The van der Waals surface area contributed by atoms with Gasteiger partial charge in [-0.25, -0.2) is 15.0 Å². The first kappa shape index (κ1) is 64.4. The fourth-order valence-corrected chi connectivity index (χ4v) is 12.7. The minimum Gasteiger partial charge on any atom is -0.543 e. The Hall–Kier alpha value is -7.59. The van der Waals surface area contributed by atoms with Gasteiger partial charge >= 0.3 is 0 Å². The predicted octanol–water partition coefficient (Wildman–Crippen LogP) is 14.6. The molecule has 2 aromatic heterocycles. The van der Waals surface area contributed by atoms with Crippen LogP contribution in [0.25, 0.3) is 11.2 Å². The number of carbonyl (C=O) groups is 1. The number of imidazole rings is 1. The second kappa shape index (κ2) is 27.4. The molecule has 8 rings (SSSR count). The van der Waals surface area contributed by atoms with E-state index in [4.69, 9.17) is 57.0 Å². The summed E-state index contributed by atoms with van der Waals surface area (Å²) < 4.78 is 59.1. The van der Waals surface area contributed by atoms with Crippen LogP contribution in [0.1, 0.15) is 82.0 Å².